The Balaban J connectivity index is 1.60. The van der Waals surface area contributed by atoms with Crippen LogP contribution in [0, 0.1) is 12.8 Å². The van der Waals surface area contributed by atoms with Gasteiger partial charge in [-0.05, 0) is 25.7 Å². The van der Waals surface area contributed by atoms with E-state index in [9.17, 15) is 0 Å². The molecular weight excluding hydrogens is 308 g/mol. The van der Waals surface area contributed by atoms with Gasteiger partial charge in [-0.2, -0.15) is 4.98 Å². The topological polar surface area (TPSA) is 51.1 Å². The number of nitrogens with zero attached hydrogens (tertiary/aromatic N) is 4. The highest BCUT2D eigenvalue weighted by molar-refractivity contribution is 7.09. The van der Waals surface area contributed by atoms with Gasteiger partial charge < -0.3 is 9.64 Å². The van der Waals surface area contributed by atoms with Crippen molar-refractivity contribution in [3.05, 3.63) is 28.5 Å². The molecule has 3 rings (SSSR count). The van der Waals surface area contributed by atoms with E-state index in [0.29, 0.717) is 24.3 Å². The number of rotatable bonds is 5. The van der Waals surface area contributed by atoms with Crippen molar-refractivity contribution in [2.24, 2.45) is 5.92 Å². The Hall–Kier alpha value is -1.69. The molecule has 0 N–H and O–H groups in total. The number of piperidine rings is 1. The molecule has 1 saturated heterocycles. The zero-order valence-corrected chi connectivity index (χ0v) is 14.8. The molecule has 1 fully saturated rings. The van der Waals surface area contributed by atoms with Gasteiger partial charge in [0, 0.05) is 30.1 Å². The van der Waals surface area contributed by atoms with E-state index in [1.165, 1.54) is 5.01 Å². The first-order valence-corrected chi connectivity index (χ1v) is 9.11. The fraction of sp³-hybridized carbons (Fsp3) is 0.588. The first-order chi connectivity index (χ1) is 11.1. The summed E-state index contributed by atoms with van der Waals surface area (Å²) in [6.45, 7) is 8.97. The van der Waals surface area contributed by atoms with Gasteiger partial charge in [-0.1, -0.05) is 13.8 Å². The normalized spacial score (nSPS) is 16.1. The van der Waals surface area contributed by atoms with Crippen LogP contribution in [0.25, 0.3) is 0 Å². The van der Waals surface area contributed by atoms with Gasteiger partial charge in [0.2, 0.25) is 5.88 Å². The average molecular weight is 332 g/mol. The summed E-state index contributed by atoms with van der Waals surface area (Å²) in [6, 6.07) is 0. The number of hydrogen-bond acceptors (Lipinski definition) is 6. The molecule has 1 aliphatic rings. The quantitative estimate of drug-likeness (QED) is 0.836. The molecule has 0 unspecified atom stereocenters. The molecule has 0 radical (unpaired) electrons. The van der Waals surface area contributed by atoms with Crippen LogP contribution >= 0.6 is 11.3 Å². The number of hydrogen-bond donors (Lipinski definition) is 0. The molecule has 1 aliphatic heterocycles. The smallest absolute Gasteiger partial charge is 0.234 e. The molecule has 2 aromatic heterocycles. The van der Waals surface area contributed by atoms with Gasteiger partial charge >= 0.3 is 0 Å². The van der Waals surface area contributed by atoms with E-state index >= 15 is 0 Å². The number of anilines is 1. The van der Waals surface area contributed by atoms with Crippen molar-refractivity contribution < 1.29 is 4.74 Å². The van der Waals surface area contributed by atoms with Crippen molar-refractivity contribution in [2.75, 3.05) is 24.6 Å². The summed E-state index contributed by atoms with van der Waals surface area (Å²) in [6.07, 6.45) is 5.75. The minimum absolute atomic E-state index is 0.484. The molecule has 23 heavy (non-hydrogen) atoms. The van der Waals surface area contributed by atoms with E-state index in [0.717, 1.165) is 37.4 Å². The minimum atomic E-state index is 0.484. The second-order valence-electron chi connectivity index (χ2n) is 6.51. The van der Waals surface area contributed by atoms with E-state index in [-0.39, 0.29) is 0 Å². The zero-order valence-electron chi connectivity index (χ0n) is 14.0. The lowest BCUT2D eigenvalue weighted by atomic mass is 9.97. The summed E-state index contributed by atoms with van der Waals surface area (Å²) in [5, 5.41) is 3.42. The Morgan fingerprint density at radius 3 is 2.70 bits per heavy atom. The predicted molar refractivity (Wildman–Crippen MR) is 93.4 cm³/mol. The summed E-state index contributed by atoms with van der Waals surface area (Å²) < 4.78 is 5.68. The summed E-state index contributed by atoms with van der Waals surface area (Å²) in [5.74, 6) is 2.60. The zero-order chi connectivity index (χ0) is 16.2. The average Bonchev–Trinajstić information content (AvgIpc) is 3.00. The molecular formula is C17H24N4OS. The molecule has 3 heterocycles. The van der Waals surface area contributed by atoms with Gasteiger partial charge in [-0.3, -0.25) is 4.98 Å². The Labute approximate surface area is 141 Å². The van der Waals surface area contributed by atoms with E-state index in [1.54, 1.807) is 17.5 Å². The largest absolute Gasteiger partial charge is 0.476 e. The molecule has 0 amide bonds. The van der Waals surface area contributed by atoms with Gasteiger partial charge in [-0.15, -0.1) is 11.3 Å². The van der Waals surface area contributed by atoms with Crippen molar-refractivity contribution in [3.8, 4) is 5.88 Å². The Morgan fingerprint density at radius 2 is 2.04 bits per heavy atom. The van der Waals surface area contributed by atoms with E-state index < -0.39 is 0 Å². The fourth-order valence-electron chi connectivity index (χ4n) is 2.73. The second kappa shape index (κ2) is 7.25. The van der Waals surface area contributed by atoms with Crippen LogP contribution in [-0.2, 0) is 0 Å². The maximum Gasteiger partial charge on any atom is 0.234 e. The van der Waals surface area contributed by atoms with Gasteiger partial charge in [0.25, 0.3) is 0 Å². The number of thiazole rings is 1. The van der Waals surface area contributed by atoms with E-state index in [2.05, 4.69) is 46.0 Å². The Bertz CT molecular complexity index is 635. The van der Waals surface area contributed by atoms with Crippen LogP contribution < -0.4 is 9.64 Å². The second-order valence-corrected chi connectivity index (χ2v) is 7.40. The summed E-state index contributed by atoms with van der Waals surface area (Å²) in [4.78, 5) is 15.8. The van der Waals surface area contributed by atoms with Gasteiger partial charge in [0.1, 0.15) is 0 Å². The Morgan fingerprint density at radius 1 is 1.26 bits per heavy atom. The van der Waals surface area contributed by atoms with Crippen LogP contribution in [0.3, 0.4) is 0 Å². The third-order valence-corrected chi connectivity index (χ3v) is 5.09. The van der Waals surface area contributed by atoms with Crippen molar-refractivity contribution in [1.82, 2.24) is 15.0 Å². The van der Waals surface area contributed by atoms with Crippen molar-refractivity contribution >= 4 is 17.2 Å². The SMILES string of the molecule is Cc1csc(C2CCN(c3cncc(OCC(C)C)n3)CC2)n1. The van der Waals surface area contributed by atoms with E-state index in [4.69, 9.17) is 4.74 Å². The fourth-order valence-corrected chi connectivity index (χ4v) is 3.70. The molecule has 5 nitrogen and oxygen atoms in total. The lowest BCUT2D eigenvalue weighted by Gasteiger charge is -2.31. The number of aryl methyl sites for hydroxylation is 1. The molecule has 2 aromatic rings. The van der Waals surface area contributed by atoms with Crippen LogP contribution in [0.15, 0.2) is 17.8 Å². The standard InChI is InChI=1S/C17H24N4OS/c1-12(2)10-22-16-9-18-8-15(20-16)21-6-4-14(5-7-21)17-19-13(3)11-23-17/h8-9,11-12,14H,4-7,10H2,1-3H3. The monoisotopic (exact) mass is 332 g/mol. The van der Waals surface area contributed by atoms with Crippen LogP contribution in [0.4, 0.5) is 5.82 Å². The third kappa shape index (κ3) is 4.19. The first kappa shape index (κ1) is 16.2. The van der Waals surface area contributed by atoms with Crippen LogP contribution in [0.5, 0.6) is 5.88 Å². The lowest BCUT2D eigenvalue weighted by molar-refractivity contribution is 0.260. The first-order valence-electron chi connectivity index (χ1n) is 8.23. The van der Waals surface area contributed by atoms with Gasteiger partial charge in [-0.25, -0.2) is 4.98 Å². The summed E-state index contributed by atoms with van der Waals surface area (Å²) in [5.41, 5.74) is 1.13. The van der Waals surface area contributed by atoms with Gasteiger partial charge in [0.15, 0.2) is 5.82 Å². The third-order valence-electron chi connectivity index (χ3n) is 3.97. The van der Waals surface area contributed by atoms with Crippen LogP contribution in [0.1, 0.15) is 43.3 Å². The molecule has 0 spiro atoms. The Kier molecular flexibility index (Phi) is 5.10. The molecule has 0 saturated carbocycles. The summed E-state index contributed by atoms with van der Waals surface area (Å²) in [7, 11) is 0. The van der Waals surface area contributed by atoms with Crippen LogP contribution in [0.2, 0.25) is 0 Å². The summed E-state index contributed by atoms with van der Waals surface area (Å²) >= 11 is 1.79. The van der Waals surface area contributed by atoms with E-state index in [1.807, 2.05) is 6.20 Å². The highest BCUT2D eigenvalue weighted by atomic mass is 32.1. The number of aromatic nitrogens is 3. The van der Waals surface area contributed by atoms with Crippen molar-refractivity contribution in [2.45, 2.75) is 39.5 Å². The molecule has 0 atom stereocenters. The maximum absolute atomic E-state index is 5.68. The number of ether oxygens (including phenoxy) is 1. The minimum Gasteiger partial charge on any atom is -0.476 e. The molecule has 0 aliphatic carbocycles. The van der Waals surface area contributed by atoms with Crippen LogP contribution in [-0.4, -0.2) is 34.6 Å². The van der Waals surface area contributed by atoms with Crippen molar-refractivity contribution in [3.63, 3.8) is 0 Å². The maximum atomic E-state index is 5.68. The highest BCUT2D eigenvalue weighted by Crippen LogP contribution is 2.31. The van der Waals surface area contributed by atoms with Crippen molar-refractivity contribution in [1.29, 1.82) is 0 Å². The molecule has 0 bridgehead atoms. The predicted octanol–water partition coefficient (Wildman–Crippen LogP) is 3.66. The molecule has 0 aromatic carbocycles. The molecule has 124 valence electrons. The van der Waals surface area contributed by atoms with Gasteiger partial charge in [0.05, 0.1) is 24.0 Å². The lowest BCUT2D eigenvalue weighted by Crippen LogP contribution is -2.33. The molecule has 6 heteroatoms. The highest BCUT2D eigenvalue weighted by Gasteiger charge is 2.23.